The number of amides is 1. The maximum absolute atomic E-state index is 12.0. The van der Waals surface area contributed by atoms with Gasteiger partial charge in [-0.15, -0.1) is 0 Å². The van der Waals surface area contributed by atoms with Crippen molar-refractivity contribution in [1.82, 2.24) is 5.32 Å². The van der Waals surface area contributed by atoms with E-state index < -0.39 is 0 Å². The maximum Gasteiger partial charge on any atom is 0.251 e. The number of hydrogen-bond acceptors (Lipinski definition) is 3. The van der Waals surface area contributed by atoms with Crippen molar-refractivity contribution in [2.45, 2.75) is 6.42 Å². The lowest BCUT2D eigenvalue weighted by Crippen LogP contribution is -2.25. The summed E-state index contributed by atoms with van der Waals surface area (Å²) in [5.41, 5.74) is 0.566. The Morgan fingerprint density at radius 2 is 1.71 bits per heavy atom. The first-order valence-electron chi connectivity index (χ1n) is 8.16. The quantitative estimate of drug-likeness (QED) is 0.338. The minimum atomic E-state index is -0.147. The SMILES string of the molecule is O=C(NCCCOc1c(Br)cc(OCC=C(Cl)Cl)cc1Br)c1ccc(Cl)cc1. The minimum absolute atomic E-state index is 0.147. The summed E-state index contributed by atoms with van der Waals surface area (Å²) in [6.45, 7) is 1.18. The molecule has 4 nitrogen and oxygen atoms in total. The van der Waals surface area contributed by atoms with Gasteiger partial charge in [-0.1, -0.05) is 34.8 Å². The predicted octanol–water partition coefficient (Wildman–Crippen LogP) is 6.76. The number of rotatable bonds is 9. The van der Waals surface area contributed by atoms with Crippen molar-refractivity contribution < 1.29 is 14.3 Å². The smallest absolute Gasteiger partial charge is 0.251 e. The highest BCUT2D eigenvalue weighted by atomic mass is 79.9. The largest absolute Gasteiger partial charge is 0.491 e. The van der Waals surface area contributed by atoms with E-state index in [-0.39, 0.29) is 17.0 Å². The molecule has 2 rings (SSSR count). The summed E-state index contributed by atoms with van der Waals surface area (Å²) in [5, 5.41) is 3.44. The van der Waals surface area contributed by atoms with Gasteiger partial charge in [-0.2, -0.15) is 0 Å². The third-order valence-electron chi connectivity index (χ3n) is 3.42. The Morgan fingerprint density at radius 1 is 1.07 bits per heavy atom. The van der Waals surface area contributed by atoms with Gasteiger partial charge in [0.2, 0.25) is 0 Å². The molecule has 1 N–H and O–H groups in total. The average Bonchev–Trinajstić information content (AvgIpc) is 2.63. The van der Waals surface area contributed by atoms with Crippen LogP contribution in [0.15, 0.2) is 55.9 Å². The molecular weight excluding hydrogens is 556 g/mol. The summed E-state index contributed by atoms with van der Waals surface area (Å²) in [6.07, 6.45) is 2.20. The number of nitrogens with one attached hydrogen (secondary N) is 1. The van der Waals surface area contributed by atoms with Gasteiger partial charge in [0.05, 0.1) is 15.6 Å². The highest BCUT2D eigenvalue weighted by molar-refractivity contribution is 9.11. The summed E-state index contributed by atoms with van der Waals surface area (Å²) in [6, 6.07) is 10.3. The van der Waals surface area contributed by atoms with Gasteiger partial charge >= 0.3 is 0 Å². The lowest BCUT2D eigenvalue weighted by atomic mass is 10.2. The molecule has 150 valence electrons. The number of halogens is 5. The van der Waals surface area contributed by atoms with Crippen molar-refractivity contribution in [3.63, 3.8) is 0 Å². The van der Waals surface area contributed by atoms with E-state index in [1.165, 1.54) is 0 Å². The van der Waals surface area contributed by atoms with E-state index in [0.717, 1.165) is 8.95 Å². The molecule has 0 aliphatic carbocycles. The Kier molecular flexibility index (Phi) is 9.95. The highest BCUT2D eigenvalue weighted by Crippen LogP contribution is 2.37. The molecule has 0 spiro atoms. The Labute approximate surface area is 195 Å². The molecular formula is C19H16Br2Cl3NO3. The van der Waals surface area contributed by atoms with Crippen molar-refractivity contribution >= 4 is 72.6 Å². The molecule has 9 heteroatoms. The molecule has 0 heterocycles. The lowest BCUT2D eigenvalue weighted by Gasteiger charge is -2.13. The van der Waals surface area contributed by atoms with Crippen molar-refractivity contribution in [1.29, 1.82) is 0 Å². The van der Waals surface area contributed by atoms with Gasteiger partial charge in [-0.05, 0) is 80.8 Å². The van der Waals surface area contributed by atoms with Crippen LogP contribution in [0.2, 0.25) is 5.02 Å². The topological polar surface area (TPSA) is 47.6 Å². The molecule has 28 heavy (non-hydrogen) atoms. The van der Waals surface area contributed by atoms with Crippen LogP contribution in [0.3, 0.4) is 0 Å². The van der Waals surface area contributed by atoms with Crippen LogP contribution < -0.4 is 14.8 Å². The first-order chi connectivity index (χ1) is 13.4. The molecule has 0 fully saturated rings. The Morgan fingerprint density at radius 3 is 2.32 bits per heavy atom. The van der Waals surface area contributed by atoms with Crippen molar-refractivity contribution in [3.05, 3.63) is 66.5 Å². The van der Waals surface area contributed by atoms with Crippen molar-refractivity contribution in [2.24, 2.45) is 0 Å². The zero-order valence-corrected chi connectivity index (χ0v) is 19.9. The third-order valence-corrected chi connectivity index (χ3v) is 5.16. The molecule has 0 aliphatic rings. The molecule has 2 aromatic rings. The number of ether oxygens (including phenoxy) is 2. The van der Waals surface area contributed by atoms with Crippen LogP contribution in [-0.2, 0) is 0 Å². The van der Waals surface area contributed by atoms with Crippen LogP contribution in [0.25, 0.3) is 0 Å². The molecule has 0 atom stereocenters. The molecule has 0 saturated carbocycles. The molecule has 0 bridgehead atoms. The third kappa shape index (κ3) is 7.84. The fraction of sp³-hybridized carbons (Fsp3) is 0.211. The second kappa shape index (κ2) is 11.9. The van der Waals surface area contributed by atoms with Gasteiger partial charge in [0, 0.05) is 17.1 Å². The van der Waals surface area contributed by atoms with E-state index in [0.29, 0.717) is 41.7 Å². The Balaban J connectivity index is 1.78. The number of carbonyl (C=O) groups excluding carboxylic acids is 1. The van der Waals surface area contributed by atoms with Gasteiger partial charge in [0.1, 0.15) is 22.6 Å². The first kappa shape index (κ1) is 23.4. The highest BCUT2D eigenvalue weighted by Gasteiger charge is 2.10. The van der Waals surface area contributed by atoms with Crippen molar-refractivity contribution in [2.75, 3.05) is 19.8 Å². The summed E-state index contributed by atoms with van der Waals surface area (Å²) in [7, 11) is 0. The van der Waals surface area contributed by atoms with Gasteiger partial charge in [0.15, 0.2) is 0 Å². The summed E-state index contributed by atoms with van der Waals surface area (Å²) >= 11 is 23.8. The van der Waals surface area contributed by atoms with Crippen LogP contribution in [0.4, 0.5) is 0 Å². The summed E-state index contributed by atoms with van der Waals surface area (Å²) < 4.78 is 13.0. The van der Waals surface area contributed by atoms with Crippen molar-refractivity contribution in [3.8, 4) is 11.5 Å². The second-order valence-electron chi connectivity index (χ2n) is 5.49. The van der Waals surface area contributed by atoms with E-state index >= 15 is 0 Å². The number of benzene rings is 2. The van der Waals surface area contributed by atoms with E-state index in [1.54, 1.807) is 42.5 Å². The molecule has 0 aliphatic heterocycles. The van der Waals surface area contributed by atoms with Crippen LogP contribution in [0, 0.1) is 0 Å². The van der Waals surface area contributed by atoms with Gasteiger partial charge < -0.3 is 14.8 Å². The molecule has 0 saturated heterocycles. The fourth-order valence-electron chi connectivity index (χ4n) is 2.11. The van der Waals surface area contributed by atoms with Gasteiger partial charge in [-0.3, -0.25) is 4.79 Å². The van der Waals surface area contributed by atoms with Crippen LogP contribution >= 0.6 is 66.7 Å². The standard InChI is InChI=1S/C19H16Br2Cl3NO3/c20-15-10-14(27-9-6-17(23)24)11-16(21)18(15)28-8-1-7-25-19(26)12-2-4-13(22)5-3-12/h2-6,10-11H,1,7-9H2,(H,25,26). The molecule has 1 amide bonds. The number of carbonyl (C=O) groups is 1. The zero-order chi connectivity index (χ0) is 20.5. The molecule has 2 aromatic carbocycles. The Bertz CT molecular complexity index is 818. The normalized spacial score (nSPS) is 10.3. The first-order valence-corrected chi connectivity index (χ1v) is 10.9. The van der Waals surface area contributed by atoms with E-state index in [2.05, 4.69) is 37.2 Å². The van der Waals surface area contributed by atoms with Gasteiger partial charge in [-0.25, -0.2) is 0 Å². The average molecular weight is 573 g/mol. The molecule has 0 unspecified atom stereocenters. The van der Waals surface area contributed by atoms with Crippen LogP contribution in [0.5, 0.6) is 11.5 Å². The lowest BCUT2D eigenvalue weighted by molar-refractivity contribution is 0.0951. The maximum atomic E-state index is 12.0. The molecule has 0 radical (unpaired) electrons. The monoisotopic (exact) mass is 569 g/mol. The predicted molar refractivity (Wildman–Crippen MR) is 121 cm³/mol. The van der Waals surface area contributed by atoms with E-state index in [1.807, 2.05) is 0 Å². The second-order valence-corrected chi connectivity index (χ2v) is 8.64. The van der Waals surface area contributed by atoms with E-state index in [9.17, 15) is 4.79 Å². The van der Waals surface area contributed by atoms with Crippen LogP contribution in [0.1, 0.15) is 16.8 Å². The summed E-state index contributed by atoms with van der Waals surface area (Å²) in [5.74, 6) is 1.14. The zero-order valence-electron chi connectivity index (χ0n) is 14.5. The van der Waals surface area contributed by atoms with Crippen LogP contribution in [-0.4, -0.2) is 25.7 Å². The summed E-state index contributed by atoms with van der Waals surface area (Å²) in [4.78, 5) is 12.0. The Hall–Kier alpha value is -0.920. The minimum Gasteiger partial charge on any atom is -0.491 e. The van der Waals surface area contributed by atoms with Gasteiger partial charge in [0.25, 0.3) is 5.91 Å². The fourth-order valence-corrected chi connectivity index (χ4v) is 3.74. The molecule has 0 aromatic heterocycles. The number of hydrogen-bond donors (Lipinski definition) is 1. The van der Waals surface area contributed by atoms with E-state index in [4.69, 9.17) is 44.3 Å².